The van der Waals surface area contributed by atoms with Gasteiger partial charge < -0.3 is 14.7 Å². The lowest BCUT2D eigenvalue weighted by atomic mass is 10.1. The van der Waals surface area contributed by atoms with Crippen molar-refractivity contribution >= 4 is 12.0 Å². The van der Waals surface area contributed by atoms with Gasteiger partial charge in [0.05, 0.1) is 12.7 Å². The first-order chi connectivity index (χ1) is 9.76. The molecule has 1 aromatic carbocycles. The molecule has 0 aliphatic carbocycles. The molecule has 21 heavy (non-hydrogen) atoms. The molecule has 0 aliphatic rings. The van der Waals surface area contributed by atoms with E-state index in [9.17, 15) is 14.3 Å². The lowest BCUT2D eigenvalue weighted by Crippen LogP contribution is -2.41. The molecule has 0 spiro atoms. The van der Waals surface area contributed by atoms with Crippen molar-refractivity contribution in [3.8, 4) is 5.75 Å². The minimum absolute atomic E-state index is 0.163. The number of rotatable bonds is 6. The van der Waals surface area contributed by atoms with Gasteiger partial charge in [-0.1, -0.05) is 6.07 Å². The third kappa shape index (κ3) is 5.55. The third-order valence-electron chi connectivity index (χ3n) is 2.87. The summed E-state index contributed by atoms with van der Waals surface area (Å²) in [5, 5.41) is 9.77. The summed E-state index contributed by atoms with van der Waals surface area (Å²) >= 11 is 0. The normalized spacial score (nSPS) is 11.7. The van der Waals surface area contributed by atoms with Crippen LogP contribution >= 0.6 is 0 Å². The Balaban J connectivity index is 2.79. The Morgan fingerprint density at radius 1 is 1.48 bits per heavy atom. The van der Waals surface area contributed by atoms with Crippen LogP contribution in [0, 0.1) is 5.82 Å². The van der Waals surface area contributed by atoms with Crippen LogP contribution in [0.2, 0.25) is 0 Å². The van der Waals surface area contributed by atoms with Gasteiger partial charge in [-0.2, -0.15) is 0 Å². The number of hydrogen-bond acceptors (Lipinski definition) is 3. The standard InChI is InChI=1S/C16H22FNO3/c1-5-18(11-16(2,3)20)15(19)9-7-12-6-8-14(21-4)13(17)10-12/h6-10,20H,5,11H2,1-4H3. The number of nitrogens with zero attached hydrogens (tertiary/aromatic N) is 1. The van der Waals surface area contributed by atoms with E-state index in [0.29, 0.717) is 12.1 Å². The molecule has 4 nitrogen and oxygen atoms in total. The minimum Gasteiger partial charge on any atom is -0.494 e. The molecule has 0 bridgehead atoms. The molecule has 1 N–H and O–H groups in total. The Kier molecular flexibility index (Phi) is 5.90. The SMILES string of the molecule is CCN(CC(C)(C)O)C(=O)C=Cc1ccc(OC)c(F)c1. The van der Waals surface area contributed by atoms with E-state index in [4.69, 9.17) is 4.74 Å². The first kappa shape index (κ1) is 17.2. The molecule has 0 saturated carbocycles. The van der Waals surface area contributed by atoms with Crippen LogP contribution in [0.5, 0.6) is 5.75 Å². The summed E-state index contributed by atoms with van der Waals surface area (Å²) in [5.41, 5.74) is -0.382. The minimum atomic E-state index is -0.953. The Bertz CT molecular complexity index is 521. The van der Waals surface area contributed by atoms with E-state index >= 15 is 0 Å². The van der Waals surface area contributed by atoms with Crippen LogP contribution in [0.4, 0.5) is 4.39 Å². The van der Waals surface area contributed by atoms with Crippen LogP contribution in [0.3, 0.4) is 0 Å². The summed E-state index contributed by atoms with van der Waals surface area (Å²) < 4.78 is 18.4. The van der Waals surface area contributed by atoms with E-state index in [0.717, 1.165) is 0 Å². The highest BCUT2D eigenvalue weighted by atomic mass is 19.1. The van der Waals surface area contributed by atoms with Crippen LogP contribution < -0.4 is 4.74 Å². The lowest BCUT2D eigenvalue weighted by Gasteiger charge is -2.27. The maximum atomic E-state index is 13.5. The molecule has 0 fully saturated rings. The van der Waals surface area contributed by atoms with Gasteiger partial charge in [-0.15, -0.1) is 0 Å². The van der Waals surface area contributed by atoms with Gasteiger partial charge in [0.15, 0.2) is 11.6 Å². The molecule has 0 unspecified atom stereocenters. The number of halogens is 1. The maximum Gasteiger partial charge on any atom is 0.246 e. The van der Waals surface area contributed by atoms with E-state index in [1.165, 1.54) is 36.3 Å². The number of aliphatic hydroxyl groups is 1. The first-order valence-electron chi connectivity index (χ1n) is 6.79. The molecule has 0 aromatic heterocycles. The zero-order valence-electron chi connectivity index (χ0n) is 12.9. The van der Waals surface area contributed by atoms with Crippen molar-refractivity contribution < 1.29 is 19.0 Å². The molecule has 0 heterocycles. The van der Waals surface area contributed by atoms with Crippen molar-refractivity contribution in [1.29, 1.82) is 0 Å². The quantitative estimate of drug-likeness (QED) is 0.820. The molecule has 0 radical (unpaired) electrons. The summed E-state index contributed by atoms with van der Waals surface area (Å²) in [4.78, 5) is 13.6. The number of likely N-dealkylation sites (N-methyl/N-ethyl adjacent to an activating group) is 1. The van der Waals surface area contributed by atoms with Gasteiger partial charge >= 0.3 is 0 Å². The zero-order valence-corrected chi connectivity index (χ0v) is 12.9. The van der Waals surface area contributed by atoms with Crippen molar-refractivity contribution in [2.24, 2.45) is 0 Å². The molecule has 5 heteroatoms. The number of hydrogen-bond donors (Lipinski definition) is 1. The fourth-order valence-electron chi connectivity index (χ4n) is 1.87. The lowest BCUT2D eigenvalue weighted by molar-refractivity contribution is -0.128. The van der Waals surface area contributed by atoms with Gasteiger partial charge in [0.1, 0.15) is 0 Å². The molecule has 0 saturated heterocycles. The molecule has 1 amide bonds. The summed E-state index contributed by atoms with van der Waals surface area (Å²) in [7, 11) is 1.40. The molecule has 0 atom stereocenters. The van der Waals surface area contributed by atoms with Gasteiger partial charge in [-0.05, 0) is 44.5 Å². The monoisotopic (exact) mass is 295 g/mol. The average molecular weight is 295 g/mol. The van der Waals surface area contributed by atoms with E-state index in [-0.39, 0.29) is 18.2 Å². The Morgan fingerprint density at radius 2 is 2.14 bits per heavy atom. The molecular weight excluding hydrogens is 273 g/mol. The highest BCUT2D eigenvalue weighted by Crippen LogP contribution is 2.18. The Morgan fingerprint density at radius 3 is 2.62 bits per heavy atom. The largest absolute Gasteiger partial charge is 0.494 e. The number of carbonyl (C=O) groups excluding carboxylic acids is 1. The van der Waals surface area contributed by atoms with Crippen molar-refractivity contribution in [3.63, 3.8) is 0 Å². The van der Waals surface area contributed by atoms with Crippen molar-refractivity contribution in [2.45, 2.75) is 26.4 Å². The second kappa shape index (κ2) is 7.22. The van der Waals surface area contributed by atoms with Crippen LogP contribution in [-0.4, -0.2) is 41.7 Å². The summed E-state index contributed by atoms with van der Waals surface area (Å²) in [6.45, 7) is 5.86. The van der Waals surface area contributed by atoms with E-state index in [2.05, 4.69) is 0 Å². The van der Waals surface area contributed by atoms with E-state index in [1.807, 2.05) is 6.92 Å². The Labute approximate surface area is 124 Å². The van der Waals surface area contributed by atoms with Crippen LogP contribution in [0.15, 0.2) is 24.3 Å². The Hall–Kier alpha value is -1.88. The molecule has 116 valence electrons. The zero-order chi connectivity index (χ0) is 16.0. The highest BCUT2D eigenvalue weighted by Gasteiger charge is 2.19. The second-order valence-corrected chi connectivity index (χ2v) is 5.39. The molecule has 1 aromatic rings. The smallest absolute Gasteiger partial charge is 0.246 e. The van der Waals surface area contributed by atoms with E-state index in [1.54, 1.807) is 19.9 Å². The van der Waals surface area contributed by atoms with Gasteiger partial charge in [0.2, 0.25) is 5.91 Å². The van der Waals surface area contributed by atoms with E-state index < -0.39 is 11.4 Å². The summed E-state index contributed by atoms with van der Waals surface area (Å²) in [5.74, 6) is -0.539. The van der Waals surface area contributed by atoms with Gasteiger partial charge in [-0.25, -0.2) is 4.39 Å². The maximum absolute atomic E-state index is 13.5. The highest BCUT2D eigenvalue weighted by molar-refractivity contribution is 5.91. The van der Waals surface area contributed by atoms with Crippen molar-refractivity contribution in [3.05, 3.63) is 35.7 Å². The van der Waals surface area contributed by atoms with Crippen LogP contribution in [0.25, 0.3) is 6.08 Å². The number of methoxy groups -OCH3 is 1. The topological polar surface area (TPSA) is 49.8 Å². The van der Waals surface area contributed by atoms with Crippen molar-refractivity contribution in [1.82, 2.24) is 4.90 Å². The van der Waals surface area contributed by atoms with Gasteiger partial charge in [0, 0.05) is 19.2 Å². The predicted octanol–water partition coefficient (Wildman–Crippen LogP) is 2.47. The average Bonchev–Trinajstić information content (AvgIpc) is 2.41. The number of carbonyl (C=O) groups is 1. The second-order valence-electron chi connectivity index (χ2n) is 5.39. The van der Waals surface area contributed by atoms with Gasteiger partial charge in [0.25, 0.3) is 0 Å². The van der Waals surface area contributed by atoms with Crippen LogP contribution in [-0.2, 0) is 4.79 Å². The summed E-state index contributed by atoms with van der Waals surface area (Å²) in [6.07, 6.45) is 2.91. The van der Waals surface area contributed by atoms with Gasteiger partial charge in [-0.3, -0.25) is 4.79 Å². The molecule has 1 rings (SSSR count). The number of ether oxygens (including phenoxy) is 1. The third-order valence-corrected chi connectivity index (χ3v) is 2.87. The van der Waals surface area contributed by atoms with Crippen LogP contribution in [0.1, 0.15) is 26.3 Å². The molecular formula is C16H22FNO3. The molecule has 0 aliphatic heterocycles. The number of amides is 1. The fraction of sp³-hybridized carbons (Fsp3) is 0.438. The van der Waals surface area contributed by atoms with Crippen molar-refractivity contribution in [2.75, 3.05) is 20.2 Å². The fourth-order valence-corrected chi connectivity index (χ4v) is 1.87. The first-order valence-corrected chi connectivity index (χ1v) is 6.79. The summed E-state index contributed by atoms with van der Waals surface area (Å²) in [6, 6.07) is 4.47. The predicted molar refractivity (Wildman–Crippen MR) is 80.5 cm³/mol. The number of benzene rings is 1.